The number of carbonyl (C=O) groups excluding carboxylic acids is 2. The molecular weight excluding hydrogens is 359 g/mol. The van der Waals surface area contributed by atoms with Crippen molar-refractivity contribution in [2.75, 3.05) is 38.0 Å². The number of rotatable bonds is 5. The minimum atomic E-state index is -0.284. The molecule has 28 heavy (non-hydrogen) atoms. The molecule has 1 fully saturated rings. The Labute approximate surface area is 164 Å². The van der Waals surface area contributed by atoms with Gasteiger partial charge in [0.05, 0.1) is 6.54 Å². The quantitative estimate of drug-likeness (QED) is 0.833. The first-order valence-corrected chi connectivity index (χ1v) is 9.41. The normalized spacial score (nSPS) is 15.2. The van der Waals surface area contributed by atoms with Gasteiger partial charge in [0.1, 0.15) is 5.82 Å². The molecular formula is C21H25FN4O2. The van der Waals surface area contributed by atoms with Crippen LogP contribution in [0.25, 0.3) is 0 Å². The highest BCUT2D eigenvalue weighted by Crippen LogP contribution is 2.16. The predicted octanol–water partition coefficient (Wildman–Crippen LogP) is 2.85. The Kier molecular flexibility index (Phi) is 6.60. The molecule has 7 heteroatoms. The minimum absolute atomic E-state index is 0.0497. The van der Waals surface area contributed by atoms with Crippen LogP contribution in [0, 0.1) is 5.82 Å². The van der Waals surface area contributed by atoms with Gasteiger partial charge in [-0.05, 0) is 25.1 Å². The van der Waals surface area contributed by atoms with Gasteiger partial charge in [-0.3, -0.25) is 4.79 Å². The molecule has 1 aliphatic rings. The first-order valence-electron chi connectivity index (χ1n) is 9.41. The maximum absolute atomic E-state index is 13.8. The summed E-state index contributed by atoms with van der Waals surface area (Å²) in [6, 6.07) is 15.4. The molecule has 2 aromatic carbocycles. The zero-order chi connectivity index (χ0) is 19.9. The third-order valence-corrected chi connectivity index (χ3v) is 4.88. The fourth-order valence-corrected chi connectivity index (χ4v) is 3.17. The Morgan fingerprint density at radius 2 is 1.57 bits per heavy atom. The van der Waals surface area contributed by atoms with Crippen LogP contribution in [0.15, 0.2) is 54.6 Å². The first kappa shape index (κ1) is 19.8. The van der Waals surface area contributed by atoms with Gasteiger partial charge in [-0.1, -0.05) is 36.4 Å². The number of nitrogens with zero attached hydrogens (tertiary/aromatic N) is 2. The summed E-state index contributed by atoms with van der Waals surface area (Å²) in [6.07, 6.45) is 0. The van der Waals surface area contributed by atoms with Crippen LogP contribution in [-0.2, 0) is 4.79 Å². The lowest BCUT2D eigenvalue weighted by Gasteiger charge is -2.35. The monoisotopic (exact) mass is 384 g/mol. The van der Waals surface area contributed by atoms with Gasteiger partial charge in [-0.25, -0.2) is 9.18 Å². The maximum Gasteiger partial charge on any atom is 0.321 e. The van der Waals surface area contributed by atoms with Crippen molar-refractivity contribution in [1.29, 1.82) is 0 Å². The molecule has 0 radical (unpaired) electrons. The Hall–Kier alpha value is -2.93. The van der Waals surface area contributed by atoms with Crippen molar-refractivity contribution in [3.63, 3.8) is 0 Å². The number of para-hydroxylation sites is 1. The van der Waals surface area contributed by atoms with E-state index in [2.05, 4.69) is 10.6 Å². The van der Waals surface area contributed by atoms with E-state index in [9.17, 15) is 14.0 Å². The molecule has 3 amide bonds. The van der Waals surface area contributed by atoms with E-state index in [4.69, 9.17) is 0 Å². The molecule has 3 rings (SSSR count). The fourth-order valence-electron chi connectivity index (χ4n) is 3.17. The number of halogens is 1. The fraction of sp³-hybridized carbons (Fsp3) is 0.333. The van der Waals surface area contributed by atoms with Gasteiger partial charge in [0.15, 0.2) is 0 Å². The lowest BCUT2D eigenvalue weighted by atomic mass is 10.1. The third-order valence-electron chi connectivity index (χ3n) is 4.88. The summed E-state index contributed by atoms with van der Waals surface area (Å²) in [5.41, 5.74) is 1.29. The van der Waals surface area contributed by atoms with Crippen molar-refractivity contribution in [3.05, 3.63) is 66.0 Å². The number of hydrogen-bond acceptors (Lipinski definition) is 3. The van der Waals surface area contributed by atoms with Crippen LogP contribution in [0.5, 0.6) is 0 Å². The summed E-state index contributed by atoms with van der Waals surface area (Å²) in [6.45, 7) is 3.89. The standard InChI is InChI=1S/C21H25FN4O2/c1-16(18-9-5-6-10-19(18)22)23-15-20(27)25-11-13-26(14-12-25)21(28)24-17-7-3-2-4-8-17/h2-10,16,23H,11-15H2,1H3,(H,24,28). The van der Waals surface area contributed by atoms with E-state index in [0.29, 0.717) is 31.7 Å². The summed E-state index contributed by atoms with van der Waals surface area (Å²) in [5.74, 6) is -0.334. The Morgan fingerprint density at radius 1 is 0.964 bits per heavy atom. The summed E-state index contributed by atoms with van der Waals surface area (Å²) >= 11 is 0. The van der Waals surface area contributed by atoms with Gasteiger partial charge in [0.25, 0.3) is 0 Å². The molecule has 0 saturated carbocycles. The second kappa shape index (κ2) is 9.32. The van der Waals surface area contributed by atoms with E-state index in [1.807, 2.05) is 37.3 Å². The molecule has 2 aromatic rings. The molecule has 0 spiro atoms. The summed E-state index contributed by atoms with van der Waals surface area (Å²) in [7, 11) is 0. The Balaban J connectivity index is 1.43. The number of amides is 3. The number of carbonyl (C=O) groups is 2. The molecule has 1 heterocycles. The molecule has 148 valence electrons. The van der Waals surface area contributed by atoms with Gasteiger partial charge >= 0.3 is 6.03 Å². The average molecular weight is 384 g/mol. The van der Waals surface area contributed by atoms with E-state index in [1.54, 1.807) is 28.0 Å². The highest BCUT2D eigenvalue weighted by molar-refractivity contribution is 5.89. The van der Waals surface area contributed by atoms with Crippen LogP contribution in [0.1, 0.15) is 18.5 Å². The third kappa shape index (κ3) is 5.07. The molecule has 2 N–H and O–H groups in total. The second-order valence-electron chi connectivity index (χ2n) is 6.79. The van der Waals surface area contributed by atoms with E-state index < -0.39 is 0 Å². The summed E-state index contributed by atoms with van der Waals surface area (Å²) in [4.78, 5) is 28.2. The molecule has 0 aliphatic carbocycles. The first-order chi connectivity index (χ1) is 13.5. The zero-order valence-electron chi connectivity index (χ0n) is 15.9. The Morgan fingerprint density at radius 3 is 2.25 bits per heavy atom. The van der Waals surface area contributed by atoms with Gasteiger partial charge < -0.3 is 20.4 Å². The highest BCUT2D eigenvalue weighted by atomic mass is 19.1. The van der Waals surface area contributed by atoms with Crippen LogP contribution >= 0.6 is 0 Å². The summed E-state index contributed by atoms with van der Waals surface area (Å²) in [5, 5.41) is 5.93. The van der Waals surface area contributed by atoms with Crippen LogP contribution in [0.2, 0.25) is 0 Å². The van der Waals surface area contributed by atoms with Gasteiger partial charge in [-0.2, -0.15) is 0 Å². The van der Waals surface area contributed by atoms with E-state index in [-0.39, 0.29) is 30.3 Å². The molecule has 1 atom stereocenters. The van der Waals surface area contributed by atoms with Gasteiger partial charge in [0, 0.05) is 43.5 Å². The van der Waals surface area contributed by atoms with Crippen molar-refractivity contribution in [2.24, 2.45) is 0 Å². The van der Waals surface area contributed by atoms with Crippen molar-refractivity contribution in [1.82, 2.24) is 15.1 Å². The van der Waals surface area contributed by atoms with Crippen molar-refractivity contribution in [3.8, 4) is 0 Å². The van der Waals surface area contributed by atoms with E-state index in [0.717, 1.165) is 5.69 Å². The van der Waals surface area contributed by atoms with E-state index >= 15 is 0 Å². The minimum Gasteiger partial charge on any atom is -0.338 e. The molecule has 1 unspecified atom stereocenters. The van der Waals surface area contributed by atoms with Crippen LogP contribution in [-0.4, -0.2) is 54.5 Å². The van der Waals surface area contributed by atoms with Crippen molar-refractivity contribution >= 4 is 17.6 Å². The topological polar surface area (TPSA) is 64.7 Å². The SMILES string of the molecule is CC(NCC(=O)N1CCN(C(=O)Nc2ccccc2)CC1)c1ccccc1F. The molecule has 1 saturated heterocycles. The number of urea groups is 1. The largest absolute Gasteiger partial charge is 0.338 e. The second-order valence-corrected chi connectivity index (χ2v) is 6.79. The number of benzene rings is 2. The lowest BCUT2D eigenvalue weighted by molar-refractivity contribution is -0.131. The van der Waals surface area contributed by atoms with Crippen molar-refractivity contribution < 1.29 is 14.0 Å². The smallest absolute Gasteiger partial charge is 0.321 e. The lowest BCUT2D eigenvalue weighted by Crippen LogP contribution is -2.53. The Bertz CT molecular complexity index is 807. The zero-order valence-corrected chi connectivity index (χ0v) is 15.9. The molecule has 0 aromatic heterocycles. The molecule has 1 aliphatic heterocycles. The van der Waals surface area contributed by atoms with Crippen LogP contribution in [0.3, 0.4) is 0 Å². The predicted molar refractivity (Wildman–Crippen MR) is 106 cm³/mol. The van der Waals surface area contributed by atoms with Crippen LogP contribution in [0.4, 0.5) is 14.9 Å². The molecule has 0 bridgehead atoms. The van der Waals surface area contributed by atoms with Gasteiger partial charge in [0.2, 0.25) is 5.91 Å². The number of piperazine rings is 1. The number of nitrogens with one attached hydrogen (secondary N) is 2. The van der Waals surface area contributed by atoms with Crippen LogP contribution < -0.4 is 10.6 Å². The van der Waals surface area contributed by atoms with E-state index in [1.165, 1.54) is 6.07 Å². The molecule has 6 nitrogen and oxygen atoms in total. The van der Waals surface area contributed by atoms with Crippen molar-refractivity contribution in [2.45, 2.75) is 13.0 Å². The number of anilines is 1. The summed E-state index contributed by atoms with van der Waals surface area (Å²) < 4.78 is 13.8. The maximum atomic E-state index is 13.8. The van der Waals surface area contributed by atoms with Gasteiger partial charge in [-0.15, -0.1) is 0 Å². The average Bonchev–Trinajstić information content (AvgIpc) is 2.73. The number of hydrogen-bond donors (Lipinski definition) is 2. The highest BCUT2D eigenvalue weighted by Gasteiger charge is 2.24.